The predicted octanol–water partition coefficient (Wildman–Crippen LogP) is 0.282. The van der Waals surface area contributed by atoms with Crippen LogP contribution < -0.4 is 10.2 Å². The Kier molecular flexibility index (Phi) is 3.14. The number of rotatable bonds is 0. The molecule has 4 amide bonds. The van der Waals surface area contributed by atoms with E-state index in [0.29, 0.717) is 24.4 Å². The molecule has 126 valence electrons. The number of carbonyl (C=O) groups excluding carboxylic acids is 3. The van der Waals surface area contributed by atoms with Crippen LogP contribution in [0.5, 0.6) is 0 Å². The average Bonchev–Trinajstić information content (AvgIpc) is 2.58. The van der Waals surface area contributed by atoms with Gasteiger partial charge >= 0.3 is 6.03 Å². The summed E-state index contributed by atoms with van der Waals surface area (Å²) in [4.78, 5) is 40.1. The molecule has 3 aliphatic heterocycles. The van der Waals surface area contributed by atoms with E-state index in [1.54, 1.807) is 17.0 Å². The molecule has 2 unspecified atom stereocenters. The van der Waals surface area contributed by atoms with E-state index in [2.05, 4.69) is 5.32 Å². The lowest BCUT2D eigenvalue weighted by molar-refractivity contribution is -0.155. The Morgan fingerprint density at radius 3 is 2.92 bits per heavy atom. The van der Waals surface area contributed by atoms with Gasteiger partial charge in [0.15, 0.2) is 5.41 Å². The van der Waals surface area contributed by atoms with Crippen LogP contribution in [0.2, 0.25) is 0 Å². The van der Waals surface area contributed by atoms with Gasteiger partial charge in [-0.3, -0.25) is 19.8 Å². The summed E-state index contributed by atoms with van der Waals surface area (Å²) < 4.78 is 19.9. The fourth-order valence-electron chi connectivity index (χ4n) is 3.95. The zero-order valence-corrected chi connectivity index (χ0v) is 13.0. The van der Waals surface area contributed by atoms with Gasteiger partial charge in [0.05, 0.1) is 24.9 Å². The van der Waals surface area contributed by atoms with Crippen molar-refractivity contribution in [3.63, 3.8) is 0 Å². The molecule has 0 saturated carbocycles. The van der Waals surface area contributed by atoms with Crippen LogP contribution >= 0.6 is 0 Å². The number of urea groups is 1. The van der Waals surface area contributed by atoms with Crippen molar-refractivity contribution in [2.45, 2.75) is 12.5 Å². The van der Waals surface area contributed by atoms with E-state index in [-0.39, 0.29) is 18.8 Å². The highest BCUT2D eigenvalue weighted by Crippen LogP contribution is 2.45. The third kappa shape index (κ3) is 1.77. The normalized spacial score (nSPS) is 29.4. The molecule has 8 heteroatoms. The summed E-state index contributed by atoms with van der Waals surface area (Å²) in [6.45, 7) is 0.873. The highest BCUT2D eigenvalue weighted by Gasteiger charge is 2.62. The fourth-order valence-corrected chi connectivity index (χ4v) is 3.95. The van der Waals surface area contributed by atoms with Crippen molar-refractivity contribution in [3.05, 3.63) is 29.6 Å². The highest BCUT2D eigenvalue weighted by atomic mass is 19.1. The lowest BCUT2D eigenvalue weighted by Crippen LogP contribution is -2.73. The summed E-state index contributed by atoms with van der Waals surface area (Å²) in [6.07, 6.45) is 0.0346. The molecule has 0 aromatic heterocycles. The minimum Gasteiger partial charge on any atom is -0.377 e. The van der Waals surface area contributed by atoms with Gasteiger partial charge in [-0.1, -0.05) is 12.1 Å². The van der Waals surface area contributed by atoms with Crippen molar-refractivity contribution in [2.75, 3.05) is 31.7 Å². The molecule has 0 radical (unpaired) electrons. The SMILES string of the molecule is CN1C(=O)NC(=O)C2(Cc3cccc(F)c3N3CCOCC32)C1=O. The number of barbiturate groups is 1. The van der Waals surface area contributed by atoms with Gasteiger partial charge in [-0.2, -0.15) is 0 Å². The second-order valence-electron chi connectivity index (χ2n) is 6.30. The smallest absolute Gasteiger partial charge is 0.330 e. The van der Waals surface area contributed by atoms with Crippen LogP contribution in [0, 0.1) is 11.2 Å². The maximum absolute atomic E-state index is 14.4. The molecule has 2 fully saturated rings. The monoisotopic (exact) mass is 333 g/mol. The molecule has 0 aliphatic carbocycles. The third-order valence-corrected chi connectivity index (χ3v) is 5.14. The molecule has 3 heterocycles. The summed E-state index contributed by atoms with van der Waals surface area (Å²) in [5.41, 5.74) is -0.500. The van der Waals surface area contributed by atoms with Crippen LogP contribution in [0.25, 0.3) is 0 Å². The number of hydrogen-bond acceptors (Lipinski definition) is 5. The van der Waals surface area contributed by atoms with Gasteiger partial charge in [-0.25, -0.2) is 9.18 Å². The number of fused-ring (bicyclic) bond motifs is 4. The Morgan fingerprint density at radius 1 is 1.33 bits per heavy atom. The number of ether oxygens (including phenoxy) is 1. The van der Waals surface area contributed by atoms with E-state index in [0.717, 1.165) is 4.90 Å². The van der Waals surface area contributed by atoms with E-state index in [1.807, 2.05) is 0 Å². The molecule has 7 nitrogen and oxygen atoms in total. The van der Waals surface area contributed by atoms with Gasteiger partial charge in [0.1, 0.15) is 5.82 Å². The lowest BCUT2D eigenvalue weighted by Gasteiger charge is -2.52. The Hall–Kier alpha value is -2.48. The van der Waals surface area contributed by atoms with E-state index in [1.165, 1.54) is 13.1 Å². The summed E-state index contributed by atoms with van der Waals surface area (Å²) >= 11 is 0. The number of amides is 4. The molecular formula is C16H16FN3O4. The number of para-hydroxylation sites is 1. The first-order valence-corrected chi connectivity index (χ1v) is 7.72. The molecule has 3 aliphatic rings. The van der Waals surface area contributed by atoms with E-state index in [4.69, 9.17) is 4.74 Å². The van der Waals surface area contributed by atoms with Crippen LogP contribution in [0.4, 0.5) is 14.9 Å². The average molecular weight is 333 g/mol. The van der Waals surface area contributed by atoms with Crippen LogP contribution in [0.15, 0.2) is 18.2 Å². The number of carbonyl (C=O) groups is 3. The van der Waals surface area contributed by atoms with Gasteiger partial charge in [0.2, 0.25) is 11.8 Å². The first-order valence-electron chi connectivity index (χ1n) is 7.72. The number of benzene rings is 1. The van der Waals surface area contributed by atoms with Crippen molar-refractivity contribution in [1.29, 1.82) is 0 Å². The molecule has 1 aromatic carbocycles. The van der Waals surface area contributed by atoms with Crippen LogP contribution in [-0.4, -0.2) is 55.6 Å². The minimum absolute atomic E-state index is 0.0346. The summed E-state index contributed by atoms with van der Waals surface area (Å²) in [7, 11) is 1.33. The Labute approximate surface area is 137 Å². The quantitative estimate of drug-likeness (QED) is 0.690. The van der Waals surface area contributed by atoms with Gasteiger partial charge in [-0.05, 0) is 11.6 Å². The topological polar surface area (TPSA) is 79.0 Å². The van der Waals surface area contributed by atoms with Crippen LogP contribution in [0.1, 0.15) is 5.56 Å². The van der Waals surface area contributed by atoms with Crippen molar-refractivity contribution >= 4 is 23.5 Å². The number of nitrogens with zero attached hydrogens (tertiary/aromatic N) is 2. The zero-order valence-electron chi connectivity index (χ0n) is 13.0. The number of halogens is 1. The van der Waals surface area contributed by atoms with Crippen molar-refractivity contribution in [3.8, 4) is 0 Å². The van der Waals surface area contributed by atoms with E-state index in [9.17, 15) is 18.8 Å². The summed E-state index contributed by atoms with van der Waals surface area (Å²) in [5, 5.41) is 2.25. The van der Waals surface area contributed by atoms with Crippen LogP contribution in [0.3, 0.4) is 0 Å². The van der Waals surface area contributed by atoms with Gasteiger partial charge < -0.3 is 9.64 Å². The molecule has 24 heavy (non-hydrogen) atoms. The predicted molar refractivity (Wildman–Crippen MR) is 80.8 cm³/mol. The van der Waals surface area contributed by atoms with Crippen molar-refractivity contribution in [1.82, 2.24) is 10.2 Å². The molecule has 0 bridgehead atoms. The van der Waals surface area contributed by atoms with Gasteiger partial charge in [-0.15, -0.1) is 0 Å². The summed E-state index contributed by atoms with van der Waals surface area (Å²) in [6, 6.07) is 3.23. The lowest BCUT2D eigenvalue weighted by atomic mass is 9.68. The van der Waals surface area contributed by atoms with E-state index < -0.39 is 29.3 Å². The molecule has 1 aromatic rings. The maximum Gasteiger partial charge on any atom is 0.330 e. The Balaban J connectivity index is 1.92. The largest absolute Gasteiger partial charge is 0.377 e. The first kappa shape index (κ1) is 15.1. The third-order valence-electron chi connectivity index (χ3n) is 5.14. The second kappa shape index (κ2) is 5.01. The molecule has 1 N–H and O–H groups in total. The Bertz CT molecular complexity index is 768. The van der Waals surface area contributed by atoms with Crippen molar-refractivity contribution in [2.24, 2.45) is 5.41 Å². The zero-order chi connectivity index (χ0) is 17.1. The fraction of sp³-hybridized carbons (Fsp3) is 0.438. The number of hydrogen-bond donors (Lipinski definition) is 1. The maximum atomic E-state index is 14.4. The minimum atomic E-state index is -1.50. The number of imide groups is 2. The summed E-state index contributed by atoms with van der Waals surface area (Å²) in [5.74, 6) is -1.61. The molecule has 1 spiro atoms. The van der Waals surface area contributed by atoms with Crippen LogP contribution in [-0.2, 0) is 20.7 Å². The first-order chi connectivity index (χ1) is 11.5. The number of nitrogens with one attached hydrogen (secondary N) is 1. The number of anilines is 1. The standard InChI is InChI=1S/C16H16FN3O4/c1-19-14(22)16(13(21)18-15(19)23)7-9-3-2-4-10(17)12(9)20-5-6-24-8-11(16)20/h2-4,11H,5-8H2,1H3,(H,18,21,23). The second-order valence-corrected chi connectivity index (χ2v) is 6.30. The van der Waals surface area contributed by atoms with Gasteiger partial charge in [0.25, 0.3) is 0 Å². The molecule has 4 rings (SSSR count). The van der Waals surface area contributed by atoms with Crippen molar-refractivity contribution < 1.29 is 23.5 Å². The van der Waals surface area contributed by atoms with E-state index >= 15 is 0 Å². The highest BCUT2D eigenvalue weighted by molar-refractivity contribution is 6.20. The van der Waals surface area contributed by atoms with Gasteiger partial charge in [0, 0.05) is 20.0 Å². The molecule has 2 saturated heterocycles. The Morgan fingerprint density at radius 2 is 2.12 bits per heavy atom. The molecule has 2 atom stereocenters. The number of morpholine rings is 1. The molecular weight excluding hydrogens is 317 g/mol.